The number of rotatable bonds is 8. The highest BCUT2D eigenvalue weighted by atomic mass is 19.2. The van der Waals surface area contributed by atoms with Gasteiger partial charge in [-0.15, -0.1) is 0 Å². The van der Waals surface area contributed by atoms with Crippen LogP contribution in [-0.4, -0.2) is 18.5 Å². The van der Waals surface area contributed by atoms with Crippen LogP contribution in [0.4, 0.5) is 13.2 Å². The average Bonchev–Trinajstić information content (AvgIpc) is 2.71. The minimum Gasteiger partial charge on any atom is -0.244 e. The van der Waals surface area contributed by atoms with E-state index in [1.165, 1.54) is 77.0 Å². The summed E-state index contributed by atoms with van der Waals surface area (Å²) in [4.78, 5) is 0. The Morgan fingerprint density at radius 3 is 1.54 bits per heavy atom. The van der Waals surface area contributed by atoms with Crippen LogP contribution in [0.25, 0.3) is 0 Å². The fourth-order valence-electron chi connectivity index (χ4n) is 6.46. The molecule has 0 saturated heterocycles. The van der Waals surface area contributed by atoms with Crippen LogP contribution < -0.4 is 0 Å². The average molecular weight is 401 g/mol. The Kier molecular flexibility index (Phi) is 9.03. The molecule has 0 N–H and O–H groups in total. The van der Waals surface area contributed by atoms with Gasteiger partial charge in [-0.05, 0) is 55.3 Å². The maximum Gasteiger partial charge on any atom is 0.162 e. The van der Waals surface area contributed by atoms with Crippen LogP contribution in [0, 0.1) is 29.6 Å². The second-order valence-corrected chi connectivity index (χ2v) is 10.4. The monoisotopic (exact) mass is 400 g/mol. The van der Waals surface area contributed by atoms with Crippen LogP contribution in [0.2, 0.25) is 0 Å². The summed E-state index contributed by atoms with van der Waals surface area (Å²) >= 11 is 0. The number of alkyl halides is 3. The highest BCUT2D eigenvalue weighted by Gasteiger charge is 2.42. The Bertz CT molecular complexity index is 412. The Labute approximate surface area is 171 Å². The summed E-state index contributed by atoms with van der Waals surface area (Å²) in [5, 5.41) is 0. The van der Waals surface area contributed by atoms with Crippen LogP contribution in [0.15, 0.2) is 0 Å². The molecule has 0 aliphatic heterocycles. The highest BCUT2D eigenvalue weighted by Crippen LogP contribution is 2.44. The number of halogens is 3. The van der Waals surface area contributed by atoms with E-state index in [9.17, 15) is 13.2 Å². The summed E-state index contributed by atoms with van der Waals surface area (Å²) < 4.78 is 40.9. The first kappa shape index (κ1) is 22.5. The first-order chi connectivity index (χ1) is 13.6. The Hall–Kier alpha value is -0.210. The lowest BCUT2D eigenvalue weighted by atomic mass is 9.69. The number of hydrogen-bond acceptors (Lipinski definition) is 0. The van der Waals surface area contributed by atoms with Gasteiger partial charge < -0.3 is 0 Å². The van der Waals surface area contributed by atoms with E-state index in [1.54, 1.807) is 0 Å². The van der Waals surface area contributed by atoms with Gasteiger partial charge in [0.2, 0.25) is 0 Å². The lowest BCUT2D eigenvalue weighted by Gasteiger charge is -2.39. The SMILES string of the molecule is CCCCCC1CCC(CCC2CCC(C3CC(F)C(F)C(F)C3)CC2)CC1. The molecule has 3 saturated carbocycles. The van der Waals surface area contributed by atoms with Crippen molar-refractivity contribution in [1.29, 1.82) is 0 Å². The molecule has 0 radical (unpaired) electrons. The van der Waals surface area contributed by atoms with Crippen LogP contribution in [-0.2, 0) is 0 Å². The summed E-state index contributed by atoms with van der Waals surface area (Å²) in [5.74, 6) is 3.26. The van der Waals surface area contributed by atoms with Gasteiger partial charge in [-0.25, -0.2) is 13.2 Å². The molecule has 2 unspecified atom stereocenters. The van der Waals surface area contributed by atoms with Gasteiger partial charge in [-0.2, -0.15) is 0 Å². The van der Waals surface area contributed by atoms with Crippen molar-refractivity contribution in [3.8, 4) is 0 Å². The zero-order chi connectivity index (χ0) is 19.9. The molecule has 28 heavy (non-hydrogen) atoms. The predicted octanol–water partition coefficient (Wildman–Crippen LogP) is 8.38. The van der Waals surface area contributed by atoms with Crippen molar-refractivity contribution in [2.75, 3.05) is 0 Å². The molecular weight excluding hydrogens is 357 g/mol. The number of unbranched alkanes of at least 4 members (excludes halogenated alkanes) is 2. The molecule has 2 atom stereocenters. The molecule has 0 aromatic carbocycles. The van der Waals surface area contributed by atoms with Crippen molar-refractivity contribution >= 4 is 0 Å². The first-order valence-corrected chi connectivity index (χ1v) is 12.5. The molecule has 3 heteroatoms. The van der Waals surface area contributed by atoms with E-state index in [0.29, 0.717) is 5.92 Å². The third kappa shape index (κ3) is 6.39. The molecule has 0 spiro atoms. The van der Waals surface area contributed by atoms with Gasteiger partial charge in [0.1, 0.15) is 12.3 Å². The molecule has 0 aromatic rings. The van der Waals surface area contributed by atoms with Crippen molar-refractivity contribution < 1.29 is 13.2 Å². The molecular formula is C25H43F3. The Balaban J connectivity index is 1.29. The molecule has 0 nitrogen and oxygen atoms in total. The topological polar surface area (TPSA) is 0 Å². The van der Waals surface area contributed by atoms with Crippen molar-refractivity contribution in [1.82, 2.24) is 0 Å². The zero-order valence-corrected chi connectivity index (χ0v) is 18.1. The van der Waals surface area contributed by atoms with E-state index in [0.717, 1.165) is 30.6 Å². The van der Waals surface area contributed by atoms with Gasteiger partial charge >= 0.3 is 0 Å². The third-order valence-corrected chi connectivity index (χ3v) is 8.47. The molecule has 3 aliphatic carbocycles. The third-order valence-electron chi connectivity index (χ3n) is 8.47. The zero-order valence-electron chi connectivity index (χ0n) is 18.1. The fraction of sp³-hybridized carbons (Fsp3) is 1.00. The largest absolute Gasteiger partial charge is 0.244 e. The first-order valence-electron chi connectivity index (χ1n) is 12.5. The van der Waals surface area contributed by atoms with Crippen LogP contribution >= 0.6 is 0 Å². The second-order valence-electron chi connectivity index (χ2n) is 10.4. The number of hydrogen-bond donors (Lipinski definition) is 0. The summed E-state index contributed by atoms with van der Waals surface area (Å²) in [6.07, 6.45) is 14.2. The summed E-state index contributed by atoms with van der Waals surface area (Å²) in [5.41, 5.74) is 0. The van der Waals surface area contributed by atoms with Gasteiger partial charge in [0.15, 0.2) is 6.17 Å². The van der Waals surface area contributed by atoms with Crippen molar-refractivity contribution in [2.45, 2.75) is 128 Å². The molecule has 3 fully saturated rings. The quantitative estimate of drug-likeness (QED) is 0.359. The minimum absolute atomic E-state index is 0.0703. The summed E-state index contributed by atoms with van der Waals surface area (Å²) in [6, 6.07) is 0. The van der Waals surface area contributed by atoms with Crippen LogP contribution in [0.1, 0.15) is 110 Å². The van der Waals surface area contributed by atoms with E-state index in [-0.39, 0.29) is 18.8 Å². The van der Waals surface area contributed by atoms with Crippen LogP contribution in [0.5, 0.6) is 0 Å². The maximum atomic E-state index is 13.7. The van der Waals surface area contributed by atoms with E-state index >= 15 is 0 Å². The predicted molar refractivity (Wildman–Crippen MR) is 112 cm³/mol. The second kappa shape index (κ2) is 11.3. The summed E-state index contributed by atoms with van der Waals surface area (Å²) in [7, 11) is 0. The molecule has 0 bridgehead atoms. The molecule has 0 amide bonds. The summed E-state index contributed by atoms with van der Waals surface area (Å²) in [6.45, 7) is 2.29. The van der Waals surface area contributed by atoms with Crippen molar-refractivity contribution in [3.63, 3.8) is 0 Å². The van der Waals surface area contributed by atoms with E-state index in [4.69, 9.17) is 0 Å². The van der Waals surface area contributed by atoms with Gasteiger partial charge in [0, 0.05) is 0 Å². The van der Waals surface area contributed by atoms with Gasteiger partial charge in [-0.1, -0.05) is 84.0 Å². The molecule has 0 aromatic heterocycles. The van der Waals surface area contributed by atoms with Crippen LogP contribution in [0.3, 0.4) is 0 Å². The van der Waals surface area contributed by atoms with Gasteiger partial charge in [-0.3, -0.25) is 0 Å². The lowest BCUT2D eigenvalue weighted by molar-refractivity contribution is -0.00480. The Morgan fingerprint density at radius 2 is 1.04 bits per heavy atom. The minimum atomic E-state index is -1.88. The van der Waals surface area contributed by atoms with Gasteiger partial charge in [0.25, 0.3) is 0 Å². The molecule has 3 rings (SSSR count). The van der Waals surface area contributed by atoms with E-state index in [2.05, 4.69) is 6.92 Å². The smallest absolute Gasteiger partial charge is 0.162 e. The molecule has 3 aliphatic rings. The highest BCUT2D eigenvalue weighted by molar-refractivity contribution is 4.91. The van der Waals surface area contributed by atoms with E-state index < -0.39 is 18.5 Å². The fourth-order valence-corrected chi connectivity index (χ4v) is 6.46. The lowest BCUT2D eigenvalue weighted by Crippen LogP contribution is -2.40. The van der Waals surface area contributed by atoms with Crippen molar-refractivity contribution in [2.24, 2.45) is 29.6 Å². The van der Waals surface area contributed by atoms with E-state index in [1.807, 2.05) is 0 Å². The Morgan fingerprint density at radius 1 is 0.571 bits per heavy atom. The maximum absolute atomic E-state index is 13.7. The molecule has 0 heterocycles. The molecule has 164 valence electrons. The normalized spacial score (nSPS) is 42.4. The van der Waals surface area contributed by atoms with Crippen molar-refractivity contribution in [3.05, 3.63) is 0 Å². The van der Waals surface area contributed by atoms with Gasteiger partial charge in [0.05, 0.1) is 0 Å². The standard InChI is InChI=1S/C25H43F3/c1-2-3-4-5-18-6-8-19(9-7-18)10-11-20-12-14-21(15-13-20)22-16-23(26)25(28)24(27)17-22/h18-25H,2-17H2,1H3.